The molecule has 5 heteroatoms. The molecule has 0 bridgehead atoms. The Morgan fingerprint density at radius 1 is 0.419 bits per heavy atom. The first-order chi connectivity index (χ1) is 21.3. The Balaban J connectivity index is 1.33. The summed E-state index contributed by atoms with van der Waals surface area (Å²) in [5.41, 5.74) is 4.28. The number of nitrogens with zero attached hydrogens (tertiary/aromatic N) is 4. The molecule has 0 aliphatic heterocycles. The van der Waals surface area contributed by atoms with Gasteiger partial charge in [-0.25, -0.2) is 15.0 Å². The second-order valence-electron chi connectivity index (χ2n) is 10.7. The van der Waals surface area contributed by atoms with E-state index in [1.54, 1.807) is 12.4 Å². The van der Waals surface area contributed by atoms with E-state index in [9.17, 15) is 0 Å². The van der Waals surface area contributed by atoms with Crippen LogP contribution in [-0.2, 0) is 0 Å². The average Bonchev–Trinajstić information content (AvgIpc) is 3.47. The van der Waals surface area contributed by atoms with Crippen LogP contribution in [0.1, 0.15) is 0 Å². The summed E-state index contributed by atoms with van der Waals surface area (Å²) in [7, 11) is 0. The number of furan rings is 1. The van der Waals surface area contributed by atoms with Gasteiger partial charge in [0.2, 0.25) is 0 Å². The molecule has 0 aliphatic carbocycles. The third-order valence-corrected chi connectivity index (χ3v) is 8.23. The van der Waals surface area contributed by atoms with Gasteiger partial charge in [0.25, 0.3) is 0 Å². The highest BCUT2D eigenvalue weighted by Crippen LogP contribution is 2.38. The highest BCUT2D eigenvalue weighted by molar-refractivity contribution is 6.19. The number of pyridine rings is 1. The lowest BCUT2D eigenvalue weighted by atomic mass is 9.95. The maximum absolute atomic E-state index is 6.14. The lowest BCUT2D eigenvalue weighted by Crippen LogP contribution is -2.01. The van der Waals surface area contributed by atoms with E-state index in [1.807, 2.05) is 54.6 Å². The minimum Gasteiger partial charge on any atom is -0.454 e. The molecule has 0 radical (unpaired) electrons. The molecule has 0 fully saturated rings. The van der Waals surface area contributed by atoms with Crippen LogP contribution in [0.3, 0.4) is 0 Å². The van der Waals surface area contributed by atoms with E-state index in [0.717, 1.165) is 44.0 Å². The lowest BCUT2D eigenvalue weighted by Gasteiger charge is -2.12. The summed E-state index contributed by atoms with van der Waals surface area (Å²) in [4.78, 5) is 19.5. The summed E-state index contributed by atoms with van der Waals surface area (Å²) in [6, 6.07) is 41.8. The SMILES string of the molecule is c1ccc(-c2nc(-c3cccc4c3ccc3c5ccccc5ccc43)nc(-c3cccc4oc5cnccc5c34)n2)cc1. The van der Waals surface area contributed by atoms with Crippen molar-refractivity contribution in [3.8, 4) is 34.2 Å². The van der Waals surface area contributed by atoms with Crippen LogP contribution >= 0.6 is 0 Å². The van der Waals surface area contributed by atoms with Gasteiger partial charge < -0.3 is 4.42 Å². The van der Waals surface area contributed by atoms with Gasteiger partial charge in [0.15, 0.2) is 23.1 Å². The van der Waals surface area contributed by atoms with E-state index in [1.165, 1.54) is 26.9 Å². The molecule has 200 valence electrons. The van der Waals surface area contributed by atoms with Crippen LogP contribution in [-0.4, -0.2) is 19.9 Å². The molecule has 0 atom stereocenters. The predicted molar refractivity (Wildman–Crippen MR) is 174 cm³/mol. The minimum atomic E-state index is 0.595. The van der Waals surface area contributed by atoms with Gasteiger partial charge in [-0.15, -0.1) is 0 Å². The van der Waals surface area contributed by atoms with E-state index < -0.39 is 0 Å². The monoisotopic (exact) mass is 550 g/mol. The summed E-state index contributed by atoms with van der Waals surface area (Å²) < 4.78 is 6.14. The highest BCUT2D eigenvalue weighted by atomic mass is 16.3. The molecule has 0 unspecified atom stereocenters. The second-order valence-corrected chi connectivity index (χ2v) is 10.7. The first-order valence-corrected chi connectivity index (χ1v) is 14.2. The number of hydrogen-bond acceptors (Lipinski definition) is 5. The number of aromatic nitrogens is 4. The van der Waals surface area contributed by atoms with Crippen LogP contribution in [0.15, 0.2) is 138 Å². The van der Waals surface area contributed by atoms with E-state index in [4.69, 9.17) is 19.4 Å². The lowest BCUT2D eigenvalue weighted by molar-refractivity contribution is 0.667. The number of rotatable bonds is 3. The van der Waals surface area contributed by atoms with E-state index in [-0.39, 0.29) is 0 Å². The Morgan fingerprint density at radius 2 is 1.09 bits per heavy atom. The summed E-state index contributed by atoms with van der Waals surface area (Å²) in [6.45, 7) is 0. The Hall–Kier alpha value is -5.94. The molecule has 0 saturated carbocycles. The molecule has 3 aromatic heterocycles. The van der Waals surface area contributed by atoms with Crippen LogP contribution in [0.25, 0.3) is 88.4 Å². The molecule has 0 amide bonds. The largest absolute Gasteiger partial charge is 0.454 e. The Bertz CT molecular complexity index is 2520. The van der Waals surface area contributed by atoms with E-state index in [0.29, 0.717) is 17.5 Å². The normalized spacial score (nSPS) is 11.7. The van der Waals surface area contributed by atoms with Gasteiger partial charge in [-0.1, -0.05) is 109 Å². The first kappa shape index (κ1) is 23.7. The van der Waals surface area contributed by atoms with Crippen molar-refractivity contribution in [2.45, 2.75) is 0 Å². The minimum absolute atomic E-state index is 0.595. The van der Waals surface area contributed by atoms with Gasteiger partial charge in [0.1, 0.15) is 5.58 Å². The summed E-state index contributed by atoms with van der Waals surface area (Å²) in [5.74, 6) is 1.84. The van der Waals surface area contributed by atoms with Crippen molar-refractivity contribution in [3.05, 3.63) is 134 Å². The van der Waals surface area contributed by atoms with Gasteiger partial charge in [0, 0.05) is 33.7 Å². The molecule has 0 spiro atoms. The summed E-state index contributed by atoms with van der Waals surface area (Å²) >= 11 is 0. The Kier molecular flexibility index (Phi) is 5.13. The predicted octanol–water partition coefficient (Wildman–Crippen LogP) is 9.63. The zero-order valence-electron chi connectivity index (χ0n) is 22.9. The van der Waals surface area contributed by atoms with Gasteiger partial charge in [-0.05, 0) is 44.5 Å². The zero-order valence-corrected chi connectivity index (χ0v) is 22.9. The smallest absolute Gasteiger partial charge is 0.164 e. The molecular formula is C38H22N4O. The molecule has 0 saturated heterocycles. The number of hydrogen-bond donors (Lipinski definition) is 0. The Morgan fingerprint density at radius 3 is 2.02 bits per heavy atom. The van der Waals surface area contributed by atoms with Crippen LogP contribution < -0.4 is 0 Å². The van der Waals surface area contributed by atoms with Crippen molar-refractivity contribution >= 4 is 54.3 Å². The van der Waals surface area contributed by atoms with Crippen molar-refractivity contribution in [2.75, 3.05) is 0 Å². The summed E-state index contributed by atoms with van der Waals surface area (Å²) in [6.07, 6.45) is 3.53. The van der Waals surface area contributed by atoms with E-state index >= 15 is 0 Å². The van der Waals surface area contributed by atoms with Crippen molar-refractivity contribution in [1.82, 2.24) is 19.9 Å². The van der Waals surface area contributed by atoms with Gasteiger partial charge in [-0.3, -0.25) is 4.98 Å². The molecule has 5 nitrogen and oxygen atoms in total. The quantitative estimate of drug-likeness (QED) is 0.205. The van der Waals surface area contributed by atoms with Crippen molar-refractivity contribution < 1.29 is 4.42 Å². The third kappa shape index (κ3) is 3.72. The second kappa shape index (κ2) is 9.29. The standard InChI is InChI=1S/C38H22N4O/c1-2-9-24(10-3-1)36-40-37(42-38(41-36)32-14-7-15-33-35(32)31-20-21-39-22-34(31)43-33)30-13-6-12-26-28-17-16-23-8-4-5-11-25(23)27(28)18-19-29(26)30/h1-22H. The number of fused-ring (bicyclic) bond motifs is 8. The summed E-state index contributed by atoms with van der Waals surface area (Å²) in [5, 5.41) is 9.13. The fourth-order valence-electron chi connectivity index (χ4n) is 6.25. The maximum Gasteiger partial charge on any atom is 0.164 e. The van der Waals surface area contributed by atoms with Gasteiger partial charge >= 0.3 is 0 Å². The van der Waals surface area contributed by atoms with Crippen molar-refractivity contribution in [1.29, 1.82) is 0 Å². The van der Waals surface area contributed by atoms with Crippen molar-refractivity contribution in [3.63, 3.8) is 0 Å². The van der Waals surface area contributed by atoms with Gasteiger partial charge in [0.05, 0.1) is 6.20 Å². The van der Waals surface area contributed by atoms with Crippen molar-refractivity contribution in [2.24, 2.45) is 0 Å². The van der Waals surface area contributed by atoms with Gasteiger partial charge in [-0.2, -0.15) is 0 Å². The van der Waals surface area contributed by atoms with E-state index in [2.05, 4.69) is 71.7 Å². The highest BCUT2D eigenvalue weighted by Gasteiger charge is 2.19. The topological polar surface area (TPSA) is 64.7 Å². The van der Waals surface area contributed by atoms with Crippen LogP contribution in [0.2, 0.25) is 0 Å². The molecule has 0 aliphatic rings. The molecular weight excluding hydrogens is 528 g/mol. The molecule has 43 heavy (non-hydrogen) atoms. The fraction of sp³-hybridized carbons (Fsp3) is 0. The Labute approximate surface area is 246 Å². The molecule has 9 rings (SSSR count). The molecule has 6 aromatic carbocycles. The first-order valence-electron chi connectivity index (χ1n) is 14.2. The molecule has 9 aromatic rings. The maximum atomic E-state index is 6.14. The van der Waals surface area contributed by atoms with Crippen LogP contribution in [0.4, 0.5) is 0 Å². The third-order valence-electron chi connectivity index (χ3n) is 8.23. The molecule has 0 N–H and O–H groups in total. The van der Waals surface area contributed by atoms with Crippen LogP contribution in [0, 0.1) is 0 Å². The zero-order chi connectivity index (χ0) is 28.3. The average molecular weight is 551 g/mol. The van der Waals surface area contributed by atoms with Crippen LogP contribution in [0.5, 0.6) is 0 Å². The number of benzene rings is 6. The fourth-order valence-corrected chi connectivity index (χ4v) is 6.25. The molecule has 3 heterocycles.